The third-order valence-electron chi connectivity index (χ3n) is 17.7. The summed E-state index contributed by atoms with van der Waals surface area (Å²) in [4.78, 5) is 5.08. The van der Waals surface area contributed by atoms with Crippen molar-refractivity contribution in [2.24, 2.45) is 0 Å². The normalized spacial score (nSPS) is 13.2. The van der Waals surface area contributed by atoms with E-state index < -0.39 is 0 Å². The smallest absolute Gasteiger partial charge is 0.0618 e. The highest BCUT2D eigenvalue weighted by molar-refractivity contribution is 6.01. The van der Waals surface area contributed by atoms with Gasteiger partial charge in [-0.1, -0.05) is 258 Å². The zero-order valence-corrected chi connectivity index (χ0v) is 47.5. The van der Waals surface area contributed by atoms with Crippen molar-refractivity contribution >= 4 is 34.1 Å². The molecule has 0 aromatic heterocycles. The molecule has 0 saturated carbocycles. The first-order chi connectivity index (χ1) is 40.0. The molecule has 0 heterocycles. The van der Waals surface area contributed by atoms with Gasteiger partial charge in [0.25, 0.3) is 0 Å². The summed E-state index contributed by atoms with van der Waals surface area (Å²) in [5.41, 5.74) is 31.2. The van der Waals surface area contributed by atoms with Gasteiger partial charge in [0, 0.05) is 55.8 Å². The molecule has 0 unspecified atom stereocenters. The Kier molecular flexibility index (Phi) is 12.4. The quantitative estimate of drug-likeness (QED) is 0.127. The minimum absolute atomic E-state index is 0.178. The maximum absolute atomic E-state index is 2.54. The first-order valence-corrected chi connectivity index (χ1v) is 28.8. The lowest BCUT2D eigenvalue weighted by atomic mass is 9.82. The first-order valence-electron chi connectivity index (χ1n) is 28.8. The number of benzene rings is 12. The summed E-state index contributed by atoms with van der Waals surface area (Å²) >= 11 is 0. The van der Waals surface area contributed by atoms with Crippen LogP contribution < -0.4 is 9.80 Å². The van der Waals surface area contributed by atoms with E-state index in [1.165, 1.54) is 111 Å². The van der Waals surface area contributed by atoms with E-state index in [1.807, 2.05) is 0 Å². The van der Waals surface area contributed by atoms with Crippen LogP contribution in [0.4, 0.5) is 34.1 Å². The van der Waals surface area contributed by atoms with Crippen LogP contribution >= 0.6 is 0 Å². The number of anilines is 6. The van der Waals surface area contributed by atoms with Gasteiger partial charge in [-0.2, -0.15) is 0 Å². The lowest BCUT2D eigenvalue weighted by molar-refractivity contribution is 0.660. The van der Waals surface area contributed by atoms with Gasteiger partial charge < -0.3 is 9.80 Å². The van der Waals surface area contributed by atoms with Crippen molar-refractivity contribution in [3.8, 4) is 77.9 Å². The van der Waals surface area contributed by atoms with Gasteiger partial charge in [-0.05, 0) is 151 Å². The Morgan fingerprint density at radius 1 is 0.232 bits per heavy atom. The molecule has 0 bridgehead atoms. The Balaban J connectivity index is 0.941. The number of hydrogen-bond acceptors (Lipinski definition) is 2. The first kappa shape index (κ1) is 50.5. The van der Waals surface area contributed by atoms with E-state index in [1.54, 1.807) is 0 Å². The van der Waals surface area contributed by atoms with Crippen LogP contribution in [0.5, 0.6) is 0 Å². The summed E-state index contributed by atoms with van der Waals surface area (Å²) < 4.78 is 0. The van der Waals surface area contributed by atoms with Crippen molar-refractivity contribution in [3.63, 3.8) is 0 Å². The summed E-state index contributed by atoms with van der Waals surface area (Å²) in [7, 11) is 0. The van der Waals surface area contributed by atoms with E-state index in [0.29, 0.717) is 0 Å². The number of rotatable bonds is 11. The molecule has 0 spiro atoms. The van der Waals surface area contributed by atoms with E-state index in [4.69, 9.17) is 0 Å². The number of aryl methyl sites for hydroxylation is 2. The monoisotopic (exact) mass is 1050 g/mol. The third-order valence-corrected chi connectivity index (χ3v) is 17.7. The number of para-hydroxylation sites is 2. The van der Waals surface area contributed by atoms with Crippen LogP contribution in [0.15, 0.2) is 279 Å². The van der Waals surface area contributed by atoms with Crippen molar-refractivity contribution in [2.75, 3.05) is 9.80 Å². The zero-order valence-electron chi connectivity index (χ0n) is 47.5. The van der Waals surface area contributed by atoms with E-state index in [9.17, 15) is 0 Å². The fourth-order valence-corrected chi connectivity index (χ4v) is 13.6. The van der Waals surface area contributed by atoms with Crippen LogP contribution in [-0.4, -0.2) is 0 Å². The minimum atomic E-state index is -0.178. The van der Waals surface area contributed by atoms with E-state index in [2.05, 4.69) is 330 Å². The maximum atomic E-state index is 2.54. The van der Waals surface area contributed by atoms with E-state index in [0.717, 1.165) is 34.1 Å². The van der Waals surface area contributed by atoms with Gasteiger partial charge in [-0.25, -0.2) is 0 Å². The Morgan fingerprint density at radius 3 is 0.854 bits per heavy atom. The van der Waals surface area contributed by atoms with Gasteiger partial charge in [0.05, 0.1) is 11.4 Å². The van der Waals surface area contributed by atoms with Crippen molar-refractivity contribution in [1.29, 1.82) is 0 Å². The molecule has 0 fully saturated rings. The molecule has 14 rings (SSSR count). The second kappa shape index (κ2) is 20.1. The highest BCUT2D eigenvalue weighted by atomic mass is 15.2. The maximum Gasteiger partial charge on any atom is 0.0618 e. The molecular formula is C80H64N2. The zero-order chi connectivity index (χ0) is 55.7. The molecule has 82 heavy (non-hydrogen) atoms. The third kappa shape index (κ3) is 8.40. The number of hydrogen-bond donors (Lipinski definition) is 0. The molecule has 0 atom stereocenters. The molecule has 0 N–H and O–H groups in total. The molecule has 12 aromatic carbocycles. The predicted octanol–water partition coefficient (Wildman–Crippen LogP) is 22.2. The second-order valence-corrected chi connectivity index (χ2v) is 23.3. The van der Waals surface area contributed by atoms with Crippen molar-refractivity contribution in [2.45, 2.75) is 52.4 Å². The van der Waals surface area contributed by atoms with Crippen LogP contribution in [0.25, 0.3) is 77.9 Å². The van der Waals surface area contributed by atoms with Crippen LogP contribution in [-0.2, 0) is 10.8 Å². The molecule has 0 amide bonds. The molecule has 0 radical (unpaired) electrons. The fourth-order valence-electron chi connectivity index (χ4n) is 13.6. The average molecular weight is 1050 g/mol. The topological polar surface area (TPSA) is 6.48 Å². The van der Waals surface area contributed by atoms with Gasteiger partial charge in [0.2, 0.25) is 0 Å². The molecule has 2 aliphatic rings. The molecule has 2 heteroatoms. The highest BCUT2D eigenvalue weighted by Crippen LogP contribution is 2.56. The molecular weight excluding hydrogens is 989 g/mol. The SMILES string of the molecule is Cc1cc(-c2ccc(N(c3ccc4c(c3)C(C)(C)c3ccccc3-4)c3c(-c4ccccc4)cccc3-c3ccccc3)c(C)c2)ccc1N(c1ccc2c(c1)C(C)(C)c1ccccc1-2)c1c(-c2ccccc2)cccc1-c1ccccc1. The number of nitrogens with zero attached hydrogens (tertiary/aromatic N) is 2. The largest absolute Gasteiger partial charge is 0.309 e. The van der Waals surface area contributed by atoms with Gasteiger partial charge >= 0.3 is 0 Å². The summed E-state index contributed by atoms with van der Waals surface area (Å²) in [5.74, 6) is 0. The summed E-state index contributed by atoms with van der Waals surface area (Å²) in [6, 6.07) is 104. The van der Waals surface area contributed by atoms with Crippen molar-refractivity contribution in [1.82, 2.24) is 0 Å². The van der Waals surface area contributed by atoms with E-state index >= 15 is 0 Å². The number of fused-ring (bicyclic) bond motifs is 6. The second-order valence-electron chi connectivity index (χ2n) is 23.3. The van der Waals surface area contributed by atoms with Gasteiger partial charge in [-0.15, -0.1) is 0 Å². The lowest BCUT2D eigenvalue weighted by Crippen LogP contribution is -2.18. The minimum Gasteiger partial charge on any atom is -0.309 e. The average Bonchev–Trinajstić information content (AvgIpc) is 4.00. The molecule has 0 saturated heterocycles. The van der Waals surface area contributed by atoms with Crippen LogP contribution in [0.2, 0.25) is 0 Å². The molecule has 394 valence electrons. The van der Waals surface area contributed by atoms with Crippen molar-refractivity contribution < 1.29 is 0 Å². The molecule has 0 aliphatic heterocycles. The molecule has 2 nitrogen and oxygen atoms in total. The van der Waals surface area contributed by atoms with E-state index in [-0.39, 0.29) is 10.8 Å². The molecule has 2 aliphatic carbocycles. The Morgan fingerprint density at radius 2 is 0.524 bits per heavy atom. The summed E-state index contributed by atoms with van der Waals surface area (Å²) in [5, 5.41) is 0. The van der Waals surface area contributed by atoms with Crippen LogP contribution in [0.1, 0.15) is 61.1 Å². The molecule has 12 aromatic rings. The lowest BCUT2D eigenvalue weighted by Gasteiger charge is -2.33. The van der Waals surface area contributed by atoms with Crippen LogP contribution in [0, 0.1) is 13.8 Å². The van der Waals surface area contributed by atoms with Gasteiger partial charge in [0.1, 0.15) is 0 Å². The van der Waals surface area contributed by atoms with Gasteiger partial charge in [0.15, 0.2) is 0 Å². The standard InChI is InChI=1S/C80H64N2/c1-53-49-59(41-47-75(53)81(61-43-45-69-67-33-19-21-39-71(67)79(3,4)73(69)51-61)77-63(55-25-11-7-12-26-55)35-23-36-64(77)56-27-13-8-14-28-56)60-42-48-76(54(2)50-60)82(62-44-46-70-68-34-20-22-40-72(68)80(5,6)74(70)52-62)78-65(57-29-15-9-16-30-57)37-24-38-66(78)58-31-17-10-18-32-58/h7-52H,1-6H3. The van der Waals surface area contributed by atoms with Crippen molar-refractivity contribution in [3.05, 3.63) is 312 Å². The fraction of sp³-hybridized carbons (Fsp3) is 0.100. The Hall–Kier alpha value is -9.76. The predicted molar refractivity (Wildman–Crippen MR) is 348 cm³/mol. The summed E-state index contributed by atoms with van der Waals surface area (Å²) in [6.45, 7) is 14.1. The highest BCUT2D eigenvalue weighted by Gasteiger charge is 2.38. The Bertz CT molecular complexity index is 4000. The summed E-state index contributed by atoms with van der Waals surface area (Å²) in [6.07, 6.45) is 0. The van der Waals surface area contributed by atoms with Gasteiger partial charge in [-0.3, -0.25) is 0 Å². The Labute approximate surface area is 483 Å². The van der Waals surface area contributed by atoms with Crippen LogP contribution in [0.3, 0.4) is 0 Å².